The number of anilines is 1. The van der Waals surface area contributed by atoms with Gasteiger partial charge in [-0.2, -0.15) is 5.11 Å². The van der Waals surface area contributed by atoms with Crippen molar-refractivity contribution in [1.29, 1.82) is 0 Å². The summed E-state index contributed by atoms with van der Waals surface area (Å²) in [6.45, 7) is 1.60. The van der Waals surface area contributed by atoms with Crippen LogP contribution in [0.4, 0.5) is 28.4 Å². The fourth-order valence-electron chi connectivity index (χ4n) is 7.42. The second-order valence-electron chi connectivity index (χ2n) is 16.0. The number of aromatic carboxylic acids is 2. The van der Waals surface area contributed by atoms with Gasteiger partial charge in [-0.25, -0.2) is 19.4 Å². The number of amides is 1. The first-order chi connectivity index (χ1) is 35.6. The molecule has 23 heteroatoms. The maximum Gasteiger partial charge on any atom is 1.00 e. The molecule has 9 rings (SSSR count). The second kappa shape index (κ2) is 28.7. The number of aromatic hydroxyl groups is 3. The maximum absolute atomic E-state index is 12.9. The Morgan fingerprint density at radius 3 is 1.59 bits per heavy atom. The number of aromatic nitrogens is 2. The molecule has 0 unspecified atom stereocenters. The van der Waals surface area contributed by atoms with E-state index in [4.69, 9.17) is 11.6 Å². The molecule has 1 radical (unpaired) electrons. The molecule has 0 saturated carbocycles. The monoisotopic (exact) mass is 1130 g/mol. The number of ketones is 2. The van der Waals surface area contributed by atoms with E-state index in [0.29, 0.717) is 32.7 Å². The van der Waals surface area contributed by atoms with Crippen molar-refractivity contribution in [3.05, 3.63) is 230 Å². The van der Waals surface area contributed by atoms with Crippen LogP contribution in [0.5, 0.6) is 17.2 Å². The minimum atomic E-state index is -1.24. The van der Waals surface area contributed by atoms with Crippen LogP contribution in [0.15, 0.2) is 195 Å². The number of phenols is 3. The van der Waals surface area contributed by atoms with Crippen LogP contribution >= 0.6 is 11.6 Å². The number of hydrogen-bond acceptors (Lipinski definition) is 14. The fraction of sp³-hybridized carbons (Fsp3) is 0.0182. The van der Waals surface area contributed by atoms with E-state index in [1.807, 2.05) is 0 Å². The van der Waals surface area contributed by atoms with Gasteiger partial charge in [0.25, 0.3) is 5.91 Å². The predicted molar refractivity (Wildman–Crippen MR) is 273 cm³/mol. The molecule has 0 saturated heterocycles. The SMILES string of the molecule is Cc1nn(-c2ccc(Cl)cc2)c(=O)[c-]1N=Nc1ccc(C(=O)c2ccccc2C(=O)O)cc1O.O=C(Nc1cc2ccccc2c(N=Nc2ccc(C(=O)c3ccccc3C(=O)O)cc2O)c1O)c1ccccc1.[Co].[Na+].[Na+].[Na+]. The van der Waals surface area contributed by atoms with E-state index in [9.17, 15) is 54.3 Å². The quantitative estimate of drug-likeness (QED) is 0.0320. The Balaban J connectivity index is 0.000000324. The minimum Gasteiger partial charge on any atom is -0.506 e. The number of hydrogen-bond donors (Lipinski definition) is 6. The topological polar surface area (TPSA) is 283 Å². The number of carboxylic acids is 2. The largest absolute Gasteiger partial charge is 1.00 e. The number of rotatable bonds is 13. The van der Waals surface area contributed by atoms with Crippen molar-refractivity contribution in [2.75, 3.05) is 5.32 Å². The van der Waals surface area contributed by atoms with E-state index in [1.54, 1.807) is 104 Å². The molecule has 0 fully saturated rings. The Morgan fingerprint density at radius 2 is 1.06 bits per heavy atom. The number of phenolic OH excluding ortho intramolecular Hbond substituents is 3. The number of aryl methyl sites for hydroxylation is 1. The summed E-state index contributed by atoms with van der Waals surface area (Å²) in [5, 5.41) is 75.4. The third-order valence-corrected chi connectivity index (χ3v) is 11.4. The molecule has 0 atom stereocenters. The summed E-state index contributed by atoms with van der Waals surface area (Å²) in [6.07, 6.45) is 0. The molecule has 0 aliphatic rings. The number of carbonyl (C=O) groups is 5. The van der Waals surface area contributed by atoms with Gasteiger partial charge in [0.05, 0.1) is 22.5 Å². The first-order valence-corrected chi connectivity index (χ1v) is 22.3. The number of fused-ring (bicyclic) bond motifs is 1. The van der Waals surface area contributed by atoms with Crippen LogP contribution < -0.4 is 99.5 Å². The molecule has 0 bridgehead atoms. The fourth-order valence-corrected chi connectivity index (χ4v) is 7.55. The van der Waals surface area contributed by atoms with Crippen molar-refractivity contribution in [2.24, 2.45) is 20.5 Å². The maximum atomic E-state index is 12.9. The Hall–Kier alpha value is -6.82. The zero-order chi connectivity index (χ0) is 52.6. The summed E-state index contributed by atoms with van der Waals surface area (Å²) in [5.74, 6) is -5.10. The molecule has 9 aromatic rings. The number of azo groups is 2. The molecule has 8 aromatic carbocycles. The summed E-state index contributed by atoms with van der Waals surface area (Å²) in [6, 6.07) is 43.2. The summed E-state index contributed by atoms with van der Waals surface area (Å²) in [5.41, 5.74) is 0.751. The van der Waals surface area contributed by atoms with Crippen LogP contribution in [-0.4, -0.2) is 64.7 Å². The predicted octanol–water partition coefficient (Wildman–Crippen LogP) is 2.82. The van der Waals surface area contributed by atoms with Gasteiger partial charge in [0.15, 0.2) is 17.3 Å². The summed E-state index contributed by atoms with van der Waals surface area (Å²) >= 11 is 5.88. The number of carboxylic acid groups (broad SMARTS) is 2. The van der Waals surface area contributed by atoms with E-state index < -0.39 is 35.0 Å². The van der Waals surface area contributed by atoms with Crippen molar-refractivity contribution in [1.82, 2.24) is 9.78 Å². The Bertz CT molecular complexity index is 3840. The Labute approximate surface area is 525 Å². The van der Waals surface area contributed by atoms with Crippen LogP contribution in [-0.2, 0) is 16.8 Å². The van der Waals surface area contributed by atoms with Crippen LogP contribution in [0.1, 0.15) is 68.6 Å². The molecule has 0 spiro atoms. The van der Waals surface area contributed by atoms with Gasteiger partial charge in [0, 0.05) is 55.0 Å². The molecule has 1 amide bonds. The third-order valence-electron chi connectivity index (χ3n) is 11.1. The van der Waals surface area contributed by atoms with Gasteiger partial charge >= 0.3 is 101 Å². The van der Waals surface area contributed by atoms with Gasteiger partial charge in [-0.3, -0.25) is 14.4 Å². The average Bonchev–Trinajstić information content (AvgIpc) is 3.69. The van der Waals surface area contributed by atoms with E-state index in [0.717, 1.165) is 6.07 Å². The van der Waals surface area contributed by atoms with Crippen LogP contribution in [0, 0.1) is 6.92 Å². The smallest absolute Gasteiger partial charge is 0.506 e. The molecular weight excluding hydrogens is 1100 g/mol. The van der Waals surface area contributed by atoms with E-state index in [-0.39, 0.29) is 185 Å². The van der Waals surface area contributed by atoms with Gasteiger partial charge in [-0.05, 0) is 96.4 Å². The summed E-state index contributed by atoms with van der Waals surface area (Å²) < 4.78 is 1.17. The molecule has 0 aliphatic heterocycles. The van der Waals surface area contributed by atoms with Crippen molar-refractivity contribution >= 4 is 80.2 Å². The van der Waals surface area contributed by atoms with Gasteiger partial charge in [0.2, 0.25) is 0 Å². The Morgan fingerprint density at radius 1 is 0.577 bits per heavy atom. The molecule has 0 aliphatic carbocycles. The van der Waals surface area contributed by atoms with Crippen molar-refractivity contribution in [2.45, 2.75) is 6.92 Å². The number of nitrogens with zero attached hydrogens (tertiary/aromatic N) is 6. The van der Waals surface area contributed by atoms with E-state index in [2.05, 4.69) is 30.9 Å². The van der Waals surface area contributed by atoms with E-state index in [1.165, 1.54) is 71.4 Å². The van der Waals surface area contributed by atoms with Gasteiger partial charge < -0.3 is 40.8 Å². The molecular formula is C55H37ClCoN7Na3O11+2. The second-order valence-corrected chi connectivity index (χ2v) is 16.4. The van der Waals surface area contributed by atoms with Crippen molar-refractivity contribution in [3.8, 4) is 22.9 Å². The number of benzene rings is 8. The zero-order valence-electron chi connectivity index (χ0n) is 41.7. The van der Waals surface area contributed by atoms with Crippen molar-refractivity contribution < 1.29 is 155 Å². The molecule has 1 heterocycles. The molecule has 375 valence electrons. The van der Waals surface area contributed by atoms with Gasteiger partial charge in [-0.1, -0.05) is 103 Å². The number of halogens is 1. The summed E-state index contributed by atoms with van der Waals surface area (Å²) in [4.78, 5) is 74.0. The standard InChI is InChI=1S/C31H21N3O6.C24H16ClN4O5.Co.3Na/c35-26-17-20(28(36)22-12-6-7-13-23(22)31(39)40)14-15-24(26)33-34-27-21-11-5-4-10-19(21)16-25(29(27)37)32-30(38)18-8-2-1-3-9-18;1-13-21(23(32)29(28-13)16-9-7-15(25)8-10-16)27-26-19-11-6-14(12-20(19)30)22(31)17-4-2-3-5-18(17)24(33)34;;;;/h1-17,35,37H,(H,32,38)(H,39,40);2-12,30H,1H3,(H,33,34);;;;/q;-1;;3*+1. The minimum absolute atomic E-state index is 0. The van der Waals surface area contributed by atoms with Gasteiger partial charge in [0.1, 0.15) is 34.1 Å². The molecule has 6 N–H and O–H groups in total. The van der Waals surface area contributed by atoms with Crippen LogP contribution in [0.2, 0.25) is 5.02 Å². The average molecular weight is 1140 g/mol. The molecule has 78 heavy (non-hydrogen) atoms. The van der Waals surface area contributed by atoms with Crippen molar-refractivity contribution in [3.63, 3.8) is 0 Å². The number of carbonyl (C=O) groups excluding carboxylic acids is 3. The summed E-state index contributed by atoms with van der Waals surface area (Å²) in [7, 11) is 0. The Kier molecular flexibility index (Phi) is 23.4. The normalized spacial score (nSPS) is 10.5. The van der Waals surface area contributed by atoms with E-state index >= 15 is 0 Å². The van der Waals surface area contributed by atoms with Crippen LogP contribution in [0.3, 0.4) is 0 Å². The first-order valence-electron chi connectivity index (χ1n) is 22.0. The molecule has 18 nitrogen and oxygen atoms in total. The van der Waals surface area contributed by atoms with Crippen LogP contribution in [0.25, 0.3) is 16.5 Å². The zero-order valence-corrected chi connectivity index (χ0v) is 49.5. The number of nitrogens with one attached hydrogen (secondary N) is 1. The molecule has 1 aromatic heterocycles. The first kappa shape index (κ1) is 63.7. The third kappa shape index (κ3) is 14.6. The van der Waals surface area contributed by atoms with Gasteiger partial charge in [-0.15, -0.1) is 15.9 Å².